The van der Waals surface area contributed by atoms with Crippen LogP contribution in [0.1, 0.15) is 0 Å². The molecule has 0 saturated heterocycles. The molecule has 0 unspecified atom stereocenters. The third-order valence-corrected chi connectivity index (χ3v) is 15.3. The summed E-state index contributed by atoms with van der Waals surface area (Å²) in [5, 5.41) is 9.94. The van der Waals surface area contributed by atoms with Gasteiger partial charge in [-0.05, 0) is 107 Å². The molecular formula is C72H47N3O. The first-order valence-electron chi connectivity index (χ1n) is 26.0. The van der Waals surface area contributed by atoms with Crippen molar-refractivity contribution in [3.8, 4) is 50.4 Å². The van der Waals surface area contributed by atoms with E-state index in [-0.39, 0.29) is 0 Å². The predicted octanol–water partition coefficient (Wildman–Crippen LogP) is 19.6. The van der Waals surface area contributed by atoms with Gasteiger partial charge in [-0.3, -0.25) is 0 Å². The van der Waals surface area contributed by atoms with Crippen LogP contribution in [-0.2, 0) is 0 Å². The van der Waals surface area contributed by atoms with Crippen LogP contribution in [0.5, 0.6) is 0 Å². The van der Waals surface area contributed by atoms with Crippen LogP contribution in [0.15, 0.2) is 290 Å². The van der Waals surface area contributed by atoms with Crippen LogP contribution < -0.4 is 0 Å². The molecule has 0 saturated carbocycles. The van der Waals surface area contributed by atoms with Gasteiger partial charge in [-0.15, -0.1) is 0 Å². The number of hydrogen-bond donors (Lipinski definition) is 0. The first-order chi connectivity index (χ1) is 37.7. The first-order valence-corrected chi connectivity index (χ1v) is 26.0. The quantitative estimate of drug-likeness (QED) is 0.163. The van der Waals surface area contributed by atoms with Crippen LogP contribution in [0.4, 0.5) is 0 Å². The number of benzene rings is 12. The molecular weight excluding hydrogens is 923 g/mol. The molecule has 0 aliphatic carbocycles. The molecule has 356 valence electrons. The molecule has 4 heterocycles. The average molecular weight is 970 g/mol. The Hall–Kier alpha value is -10.2. The SMILES string of the molecule is c1cc(-c2cccc(-n3c4ccccc4c4ccccc43)c2)cc(-c2ccc3oc4ccccc4c3c2)c1.c1ccc(-n2c3ccccc3c3ccccc32)c(-c2ccccc2-n2c3ccccc3c3ccccc32)c1. The highest BCUT2D eigenvalue weighted by Gasteiger charge is 2.20. The van der Waals surface area contributed by atoms with E-state index in [1.807, 2.05) is 12.1 Å². The molecule has 0 aliphatic heterocycles. The Labute approximate surface area is 438 Å². The Balaban J connectivity index is 0.000000133. The summed E-state index contributed by atoms with van der Waals surface area (Å²) in [5.41, 5.74) is 19.9. The monoisotopic (exact) mass is 969 g/mol. The fourth-order valence-electron chi connectivity index (χ4n) is 12.0. The molecule has 0 spiro atoms. The fourth-order valence-corrected chi connectivity index (χ4v) is 12.0. The minimum absolute atomic E-state index is 0.921. The van der Waals surface area contributed by atoms with Crippen LogP contribution in [-0.4, -0.2) is 13.7 Å². The maximum Gasteiger partial charge on any atom is 0.135 e. The third-order valence-electron chi connectivity index (χ3n) is 15.3. The van der Waals surface area contributed by atoms with Gasteiger partial charge < -0.3 is 18.1 Å². The molecule has 0 N–H and O–H groups in total. The number of para-hydroxylation sites is 9. The van der Waals surface area contributed by atoms with Crippen molar-refractivity contribution in [3.05, 3.63) is 285 Å². The summed E-state index contributed by atoms with van der Waals surface area (Å²) in [7, 11) is 0. The Kier molecular flexibility index (Phi) is 10.2. The Morgan fingerprint density at radius 1 is 0.211 bits per heavy atom. The van der Waals surface area contributed by atoms with Crippen LogP contribution in [0.25, 0.3) is 138 Å². The second-order valence-electron chi connectivity index (χ2n) is 19.6. The summed E-state index contributed by atoms with van der Waals surface area (Å²) in [6.07, 6.45) is 0. The fraction of sp³-hybridized carbons (Fsp3) is 0. The number of aromatic nitrogens is 3. The largest absolute Gasteiger partial charge is 0.456 e. The van der Waals surface area contributed by atoms with E-state index in [2.05, 4.69) is 287 Å². The van der Waals surface area contributed by atoms with E-state index in [0.717, 1.165) is 27.6 Å². The maximum atomic E-state index is 6.04. The minimum Gasteiger partial charge on any atom is -0.456 e. The van der Waals surface area contributed by atoms with Gasteiger partial charge in [0, 0.05) is 59.9 Å². The molecule has 16 aromatic rings. The molecule has 0 bridgehead atoms. The lowest BCUT2D eigenvalue weighted by atomic mass is 9.97. The molecule has 0 radical (unpaired) electrons. The zero-order valence-electron chi connectivity index (χ0n) is 41.4. The lowest BCUT2D eigenvalue weighted by Gasteiger charge is -2.18. The molecule has 0 aliphatic rings. The summed E-state index contributed by atoms with van der Waals surface area (Å²) < 4.78 is 13.3. The highest BCUT2D eigenvalue weighted by molar-refractivity contribution is 6.12. The van der Waals surface area contributed by atoms with Crippen molar-refractivity contribution in [1.82, 2.24) is 13.7 Å². The Morgan fingerprint density at radius 2 is 0.553 bits per heavy atom. The highest BCUT2D eigenvalue weighted by atomic mass is 16.3. The lowest BCUT2D eigenvalue weighted by molar-refractivity contribution is 0.669. The Bertz CT molecular complexity index is 4590. The number of rotatable bonds is 6. The topological polar surface area (TPSA) is 27.9 Å². The standard InChI is InChI=1S/C36H24N2.C36H23NO/c1-7-19-31-25(13-1)26-14-2-8-20-32(26)37(31)35-23-11-5-17-29(35)30-18-6-12-24-36(30)38-33-21-9-3-15-27(33)28-16-4-10-22-34(28)38;1-4-16-33-29(13-1)30-14-2-5-17-34(30)37(33)28-12-8-11-26(22-28)24-9-7-10-25(21-24)27-19-20-36-32(23-27)31-15-3-6-18-35(31)38-36/h1-24H;1-23H. The Morgan fingerprint density at radius 3 is 1.03 bits per heavy atom. The van der Waals surface area contributed by atoms with Crippen molar-refractivity contribution in [2.75, 3.05) is 0 Å². The van der Waals surface area contributed by atoms with E-state index in [1.165, 1.54) is 110 Å². The van der Waals surface area contributed by atoms with E-state index in [0.29, 0.717) is 0 Å². The van der Waals surface area contributed by atoms with Gasteiger partial charge in [0.2, 0.25) is 0 Å². The molecule has 0 amide bonds. The second kappa shape index (κ2) is 17.8. The maximum absolute atomic E-state index is 6.04. The van der Waals surface area contributed by atoms with Crippen molar-refractivity contribution >= 4 is 87.4 Å². The zero-order chi connectivity index (χ0) is 50.1. The summed E-state index contributed by atoms with van der Waals surface area (Å²) >= 11 is 0. The first kappa shape index (κ1) is 43.4. The van der Waals surface area contributed by atoms with Gasteiger partial charge in [-0.25, -0.2) is 0 Å². The van der Waals surface area contributed by atoms with Crippen LogP contribution >= 0.6 is 0 Å². The average Bonchev–Trinajstić information content (AvgIpc) is 4.25. The van der Waals surface area contributed by atoms with Gasteiger partial charge in [0.05, 0.1) is 44.5 Å². The van der Waals surface area contributed by atoms with E-state index in [4.69, 9.17) is 4.42 Å². The molecule has 16 rings (SSSR count). The highest BCUT2D eigenvalue weighted by Crippen LogP contribution is 2.41. The van der Waals surface area contributed by atoms with Gasteiger partial charge in [0.25, 0.3) is 0 Å². The number of nitrogens with zero attached hydrogens (tertiary/aromatic N) is 3. The van der Waals surface area contributed by atoms with E-state index < -0.39 is 0 Å². The summed E-state index contributed by atoms with van der Waals surface area (Å²) in [5.74, 6) is 0. The molecule has 12 aromatic carbocycles. The third kappa shape index (κ3) is 7.00. The molecule has 0 fully saturated rings. The normalized spacial score (nSPS) is 11.7. The van der Waals surface area contributed by atoms with Gasteiger partial charge in [0.15, 0.2) is 0 Å². The van der Waals surface area contributed by atoms with Gasteiger partial charge >= 0.3 is 0 Å². The van der Waals surface area contributed by atoms with Crippen molar-refractivity contribution in [2.24, 2.45) is 0 Å². The van der Waals surface area contributed by atoms with Crippen LogP contribution in [0, 0.1) is 0 Å². The van der Waals surface area contributed by atoms with Gasteiger partial charge in [-0.1, -0.05) is 200 Å². The molecule has 4 aromatic heterocycles. The summed E-state index contributed by atoms with van der Waals surface area (Å²) in [6, 6.07) is 102. The van der Waals surface area contributed by atoms with Gasteiger partial charge in [-0.2, -0.15) is 0 Å². The smallest absolute Gasteiger partial charge is 0.135 e. The molecule has 4 heteroatoms. The van der Waals surface area contributed by atoms with Gasteiger partial charge in [0.1, 0.15) is 11.2 Å². The van der Waals surface area contributed by atoms with Crippen LogP contribution in [0.3, 0.4) is 0 Å². The molecule has 0 atom stereocenters. The summed E-state index contributed by atoms with van der Waals surface area (Å²) in [6.45, 7) is 0. The number of hydrogen-bond acceptors (Lipinski definition) is 1. The van der Waals surface area contributed by atoms with E-state index >= 15 is 0 Å². The second-order valence-corrected chi connectivity index (χ2v) is 19.6. The molecule has 76 heavy (non-hydrogen) atoms. The van der Waals surface area contributed by atoms with E-state index in [9.17, 15) is 0 Å². The van der Waals surface area contributed by atoms with E-state index in [1.54, 1.807) is 0 Å². The van der Waals surface area contributed by atoms with Crippen molar-refractivity contribution < 1.29 is 4.42 Å². The number of furan rings is 1. The predicted molar refractivity (Wildman–Crippen MR) is 319 cm³/mol. The summed E-state index contributed by atoms with van der Waals surface area (Å²) in [4.78, 5) is 0. The minimum atomic E-state index is 0.921. The van der Waals surface area contributed by atoms with Crippen LogP contribution in [0.2, 0.25) is 0 Å². The van der Waals surface area contributed by atoms with Crippen molar-refractivity contribution in [2.45, 2.75) is 0 Å². The van der Waals surface area contributed by atoms with Crippen molar-refractivity contribution in [3.63, 3.8) is 0 Å². The zero-order valence-corrected chi connectivity index (χ0v) is 41.4. The lowest BCUT2D eigenvalue weighted by Crippen LogP contribution is -2.01. The van der Waals surface area contributed by atoms with Crippen molar-refractivity contribution in [1.29, 1.82) is 0 Å². The number of fused-ring (bicyclic) bond motifs is 12. The molecule has 4 nitrogen and oxygen atoms in total.